The molecule has 1 fully saturated rings. The van der Waals surface area contributed by atoms with Crippen LogP contribution in [0.5, 0.6) is 5.75 Å². The third-order valence-corrected chi connectivity index (χ3v) is 7.57. The first kappa shape index (κ1) is 29.3. The largest absolute Gasteiger partial charge is 0.484 e. The number of nitrogens with one attached hydrogen (secondary N) is 1. The minimum absolute atomic E-state index is 0.0106. The van der Waals surface area contributed by atoms with E-state index >= 15 is 0 Å². The van der Waals surface area contributed by atoms with Gasteiger partial charge >= 0.3 is 0 Å². The minimum Gasteiger partial charge on any atom is -0.484 e. The second-order valence-corrected chi connectivity index (χ2v) is 11.8. The molecule has 4 rings (SSSR count). The van der Waals surface area contributed by atoms with E-state index < -0.39 is 6.04 Å². The highest BCUT2D eigenvalue weighted by Gasteiger charge is 2.32. The summed E-state index contributed by atoms with van der Waals surface area (Å²) in [6.45, 7) is 6.39. The van der Waals surface area contributed by atoms with Crippen molar-refractivity contribution in [1.29, 1.82) is 0 Å². The van der Waals surface area contributed by atoms with Gasteiger partial charge in [0, 0.05) is 19.0 Å². The molecular formula is C34H41FN2O3. The van der Waals surface area contributed by atoms with E-state index in [0.717, 1.165) is 36.8 Å². The number of hydrogen-bond donors (Lipinski definition) is 1. The van der Waals surface area contributed by atoms with Crippen molar-refractivity contribution >= 4 is 11.8 Å². The van der Waals surface area contributed by atoms with Gasteiger partial charge in [-0.05, 0) is 59.2 Å². The van der Waals surface area contributed by atoms with Gasteiger partial charge in [-0.2, -0.15) is 0 Å². The molecule has 0 aliphatic heterocycles. The fourth-order valence-corrected chi connectivity index (χ4v) is 5.16. The summed E-state index contributed by atoms with van der Waals surface area (Å²) in [6, 6.07) is 22.9. The first-order valence-electron chi connectivity index (χ1n) is 14.3. The Morgan fingerprint density at radius 1 is 0.900 bits per heavy atom. The quantitative estimate of drug-likeness (QED) is 0.313. The summed E-state index contributed by atoms with van der Waals surface area (Å²) in [5, 5.41) is 3.23. The van der Waals surface area contributed by atoms with Crippen molar-refractivity contribution in [3.63, 3.8) is 0 Å². The fraction of sp³-hybridized carbons (Fsp3) is 0.412. The molecule has 0 bridgehead atoms. The van der Waals surface area contributed by atoms with Crippen LogP contribution >= 0.6 is 0 Å². The molecule has 1 N–H and O–H groups in total. The van der Waals surface area contributed by atoms with E-state index in [0.29, 0.717) is 12.2 Å². The summed E-state index contributed by atoms with van der Waals surface area (Å²) < 4.78 is 19.6. The highest BCUT2D eigenvalue weighted by atomic mass is 19.1. The molecule has 0 saturated heterocycles. The zero-order valence-corrected chi connectivity index (χ0v) is 23.9. The Morgan fingerprint density at radius 3 is 2.17 bits per heavy atom. The average Bonchev–Trinajstić information content (AvgIpc) is 2.95. The van der Waals surface area contributed by atoms with Gasteiger partial charge < -0.3 is 15.0 Å². The van der Waals surface area contributed by atoms with Gasteiger partial charge in [0.25, 0.3) is 5.91 Å². The number of halogens is 1. The van der Waals surface area contributed by atoms with Crippen molar-refractivity contribution in [3.8, 4) is 5.75 Å². The predicted octanol–water partition coefficient (Wildman–Crippen LogP) is 6.59. The lowest BCUT2D eigenvalue weighted by atomic mass is 9.87. The van der Waals surface area contributed by atoms with Crippen LogP contribution in [0.1, 0.15) is 69.6 Å². The van der Waals surface area contributed by atoms with Crippen LogP contribution in [0.4, 0.5) is 4.39 Å². The number of ether oxygens (including phenoxy) is 1. The van der Waals surface area contributed by atoms with Gasteiger partial charge in [0.15, 0.2) is 6.61 Å². The summed E-state index contributed by atoms with van der Waals surface area (Å²) in [6.07, 6.45) is 5.63. The molecular weight excluding hydrogens is 503 g/mol. The molecule has 0 spiro atoms. The van der Waals surface area contributed by atoms with Crippen molar-refractivity contribution in [3.05, 3.63) is 101 Å². The molecule has 0 heterocycles. The first-order valence-corrected chi connectivity index (χ1v) is 14.3. The Bertz CT molecular complexity index is 1230. The molecule has 0 radical (unpaired) electrons. The molecule has 1 saturated carbocycles. The van der Waals surface area contributed by atoms with Crippen LogP contribution in [0.15, 0.2) is 78.9 Å². The molecule has 2 amide bonds. The van der Waals surface area contributed by atoms with Crippen molar-refractivity contribution in [2.45, 2.75) is 83.3 Å². The van der Waals surface area contributed by atoms with Crippen molar-refractivity contribution in [2.75, 3.05) is 6.61 Å². The van der Waals surface area contributed by atoms with E-state index in [1.807, 2.05) is 54.6 Å². The molecule has 3 aromatic rings. The molecule has 0 unspecified atom stereocenters. The first-order chi connectivity index (χ1) is 19.2. The predicted molar refractivity (Wildman–Crippen MR) is 157 cm³/mol. The fourth-order valence-electron chi connectivity index (χ4n) is 5.16. The van der Waals surface area contributed by atoms with Crippen molar-refractivity contribution < 1.29 is 18.7 Å². The smallest absolute Gasteiger partial charge is 0.261 e. The van der Waals surface area contributed by atoms with Crippen LogP contribution < -0.4 is 10.1 Å². The third-order valence-electron chi connectivity index (χ3n) is 7.57. The molecule has 6 heteroatoms. The molecule has 3 aromatic carbocycles. The lowest BCUT2D eigenvalue weighted by Gasteiger charge is -2.33. The third kappa shape index (κ3) is 8.41. The van der Waals surface area contributed by atoms with Crippen LogP contribution in [0.25, 0.3) is 0 Å². The molecule has 5 nitrogen and oxygen atoms in total. The van der Waals surface area contributed by atoms with Gasteiger partial charge in [-0.15, -0.1) is 0 Å². The van der Waals surface area contributed by atoms with Crippen LogP contribution in [0.2, 0.25) is 0 Å². The molecule has 1 atom stereocenters. The van der Waals surface area contributed by atoms with E-state index in [1.54, 1.807) is 17.0 Å². The average molecular weight is 545 g/mol. The number of amides is 2. The molecule has 1 aliphatic rings. The lowest BCUT2D eigenvalue weighted by Crippen LogP contribution is -2.53. The van der Waals surface area contributed by atoms with E-state index in [1.165, 1.54) is 24.1 Å². The maximum absolute atomic E-state index is 13.8. The molecule has 0 aromatic heterocycles. The second-order valence-electron chi connectivity index (χ2n) is 11.8. The standard InChI is InChI=1S/C34H41FN2O3/c1-34(2,3)27-16-20-30(21-17-27)40-24-32(38)37(23-26-14-18-28(35)19-15-26)31(22-25-10-6-4-7-11-25)33(39)36-29-12-8-5-9-13-29/h4,6-7,10-11,14-21,29,31H,5,8-9,12-13,22-24H2,1-3H3,(H,36,39)/t31-/m1/s1. The topological polar surface area (TPSA) is 58.6 Å². The normalized spacial score (nSPS) is 14.8. The zero-order chi connectivity index (χ0) is 28.5. The zero-order valence-electron chi connectivity index (χ0n) is 23.9. The van der Waals surface area contributed by atoms with Crippen LogP contribution in [0, 0.1) is 5.82 Å². The second kappa shape index (κ2) is 13.6. The Morgan fingerprint density at radius 2 is 1.55 bits per heavy atom. The molecule has 1 aliphatic carbocycles. The van der Waals surface area contributed by atoms with Gasteiger partial charge in [-0.1, -0.05) is 94.6 Å². The van der Waals surface area contributed by atoms with Gasteiger partial charge in [-0.3, -0.25) is 9.59 Å². The summed E-state index contributed by atoms with van der Waals surface area (Å²) in [7, 11) is 0. The van der Waals surface area contributed by atoms with Crippen molar-refractivity contribution in [2.24, 2.45) is 0 Å². The van der Waals surface area contributed by atoms with Crippen LogP contribution in [0.3, 0.4) is 0 Å². The van der Waals surface area contributed by atoms with Gasteiger partial charge in [0.1, 0.15) is 17.6 Å². The Hall–Kier alpha value is -3.67. The number of carbonyl (C=O) groups excluding carboxylic acids is 2. The maximum Gasteiger partial charge on any atom is 0.261 e. The number of carbonyl (C=O) groups is 2. The number of benzene rings is 3. The van der Waals surface area contributed by atoms with E-state index in [2.05, 4.69) is 26.1 Å². The van der Waals surface area contributed by atoms with Crippen LogP contribution in [-0.2, 0) is 28.0 Å². The highest BCUT2D eigenvalue weighted by molar-refractivity contribution is 5.88. The summed E-state index contributed by atoms with van der Waals surface area (Å²) in [5.74, 6) is -0.224. The lowest BCUT2D eigenvalue weighted by molar-refractivity contribution is -0.143. The Labute approximate surface area is 237 Å². The summed E-state index contributed by atoms with van der Waals surface area (Å²) >= 11 is 0. The van der Waals surface area contributed by atoms with Gasteiger partial charge in [0.05, 0.1) is 0 Å². The minimum atomic E-state index is -0.742. The SMILES string of the molecule is CC(C)(C)c1ccc(OCC(=O)N(Cc2ccc(F)cc2)[C@H](Cc2ccccc2)C(=O)NC2CCCCC2)cc1. The molecule has 212 valence electrons. The number of hydrogen-bond acceptors (Lipinski definition) is 3. The van der Waals surface area contributed by atoms with E-state index in [-0.39, 0.29) is 42.2 Å². The molecule has 40 heavy (non-hydrogen) atoms. The Kier molecular flexibility index (Phi) is 9.97. The summed E-state index contributed by atoms with van der Waals surface area (Å²) in [5.41, 5.74) is 2.89. The number of rotatable bonds is 10. The summed E-state index contributed by atoms with van der Waals surface area (Å²) in [4.78, 5) is 29.2. The van der Waals surface area contributed by atoms with Crippen molar-refractivity contribution in [1.82, 2.24) is 10.2 Å². The Balaban J connectivity index is 1.58. The maximum atomic E-state index is 13.8. The van der Waals surface area contributed by atoms with Gasteiger partial charge in [0.2, 0.25) is 5.91 Å². The van der Waals surface area contributed by atoms with Crippen LogP contribution in [-0.4, -0.2) is 35.4 Å². The monoisotopic (exact) mass is 544 g/mol. The highest BCUT2D eigenvalue weighted by Crippen LogP contribution is 2.25. The van der Waals surface area contributed by atoms with E-state index in [4.69, 9.17) is 4.74 Å². The van der Waals surface area contributed by atoms with Gasteiger partial charge in [-0.25, -0.2) is 4.39 Å². The number of nitrogens with zero attached hydrogens (tertiary/aromatic N) is 1. The van der Waals surface area contributed by atoms with E-state index in [9.17, 15) is 14.0 Å².